The van der Waals surface area contributed by atoms with Crippen LogP contribution in [0.1, 0.15) is 21.4 Å². The number of aliphatic carboxylic acids is 1. The van der Waals surface area contributed by atoms with Crippen LogP contribution in [0, 0.1) is 0 Å². The van der Waals surface area contributed by atoms with Gasteiger partial charge in [-0.25, -0.2) is 0 Å². The van der Waals surface area contributed by atoms with Crippen molar-refractivity contribution >= 4 is 17.3 Å². The molecule has 5 heteroatoms. The molecule has 1 unspecified atom stereocenters. The van der Waals surface area contributed by atoms with E-state index in [9.17, 15) is 4.79 Å². The second-order valence-corrected chi connectivity index (χ2v) is 4.38. The molecule has 0 bridgehead atoms. The first-order valence-electron chi connectivity index (χ1n) is 4.36. The number of carboxylic acid groups (broad SMARTS) is 1. The third kappa shape index (κ3) is 1.66. The zero-order valence-corrected chi connectivity index (χ0v) is 8.34. The fourth-order valence-electron chi connectivity index (χ4n) is 1.45. The van der Waals surface area contributed by atoms with Crippen molar-refractivity contribution in [3.05, 3.63) is 21.4 Å². The van der Waals surface area contributed by atoms with E-state index in [1.807, 2.05) is 6.07 Å². The van der Waals surface area contributed by atoms with Gasteiger partial charge in [-0.15, -0.1) is 11.3 Å². The zero-order chi connectivity index (χ0) is 10.1. The van der Waals surface area contributed by atoms with Gasteiger partial charge in [-0.05, 0) is 11.6 Å². The van der Waals surface area contributed by atoms with Gasteiger partial charge in [0.15, 0.2) is 0 Å². The molecule has 0 saturated heterocycles. The Balaban J connectivity index is 2.28. The summed E-state index contributed by atoms with van der Waals surface area (Å²) in [5, 5.41) is 8.75. The summed E-state index contributed by atoms with van der Waals surface area (Å²) in [6.07, 6.45) is 0.867. The van der Waals surface area contributed by atoms with Gasteiger partial charge >= 0.3 is 5.97 Å². The largest absolute Gasteiger partial charge is 0.480 e. The maximum atomic E-state index is 10.7. The third-order valence-corrected chi connectivity index (χ3v) is 3.54. The molecule has 0 saturated carbocycles. The van der Waals surface area contributed by atoms with Crippen molar-refractivity contribution < 1.29 is 14.6 Å². The van der Waals surface area contributed by atoms with Crippen LogP contribution in [0.4, 0.5) is 0 Å². The monoisotopic (exact) mass is 213 g/mol. The Bertz CT molecular complexity index is 337. The number of thiophene rings is 1. The first kappa shape index (κ1) is 9.64. The molecular formula is C9H11NO3S. The van der Waals surface area contributed by atoms with Crippen LogP contribution in [0.25, 0.3) is 0 Å². The quantitative estimate of drug-likeness (QED) is 0.765. The van der Waals surface area contributed by atoms with Gasteiger partial charge in [0, 0.05) is 16.2 Å². The molecule has 4 nitrogen and oxygen atoms in total. The van der Waals surface area contributed by atoms with E-state index in [2.05, 4.69) is 0 Å². The number of carbonyl (C=O) groups is 1. The summed E-state index contributed by atoms with van der Waals surface area (Å²) in [7, 11) is 0. The number of rotatable bonds is 2. The van der Waals surface area contributed by atoms with E-state index in [4.69, 9.17) is 15.6 Å². The van der Waals surface area contributed by atoms with E-state index < -0.39 is 12.0 Å². The van der Waals surface area contributed by atoms with Crippen LogP contribution in [0.5, 0.6) is 0 Å². The van der Waals surface area contributed by atoms with Gasteiger partial charge < -0.3 is 15.6 Å². The summed E-state index contributed by atoms with van der Waals surface area (Å²) >= 11 is 1.49. The average molecular weight is 213 g/mol. The van der Waals surface area contributed by atoms with Crippen molar-refractivity contribution in [2.24, 2.45) is 5.73 Å². The number of hydrogen-bond donors (Lipinski definition) is 2. The molecule has 1 aliphatic heterocycles. The van der Waals surface area contributed by atoms with Crippen molar-refractivity contribution in [1.29, 1.82) is 0 Å². The second kappa shape index (κ2) is 3.68. The number of carboxylic acids is 1. The lowest BCUT2D eigenvalue weighted by atomic mass is 10.1. The zero-order valence-electron chi connectivity index (χ0n) is 7.53. The first-order valence-corrected chi connectivity index (χ1v) is 5.17. The van der Waals surface area contributed by atoms with Crippen molar-refractivity contribution in [3.8, 4) is 0 Å². The highest BCUT2D eigenvalue weighted by Gasteiger charge is 2.20. The topological polar surface area (TPSA) is 72.6 Å². The molecule has 76 valence electrons. The third-order valence-electron chi connectivity index (χ3n) is 2.22. The van der Waals surface area contributed by atoms with Gasteiger partial charge in [0.05, 0.1) is 13.2 Å². The second-order valence-electron chi connectivity index (χ2n) is 3.22. The van der Waals surface area contributed by atoms with Gasteiger partial charge in [-0.3, -0.25) is 4.79 Å². The van der Waals surface area contributed by atoms with E-state index in [0.29, 0.717) is 11.5 Å². The molecule has 0 aliphatic carbocycles. The Hall–Kier alpha value is -0.910. The highest BCUT2D eigenvalue weighted by Crippen LogP contribution is 2.29. The molecule has 0 spiro atoms. The number of nitrogens with two attached hydrogens (primary N) is 1. The summed E-state index contributed by atoms with van der Waals surface area (Å²) in [5.74, 6) is -0.982. The molecule has 3 N–H and O–H groups in total. The maximum Gasteiger partial charge on any atom is 0.325 e. The molecule has 0 fully saturated rings. The minimum absolute atomic E-state index is 0.582. The predicted octanol–water partition coefficient (Wildman–Crippen LogP) is 0.905. The lowest BCUT2D eigenvalue weighted by Crippen LogP contribution is -2.19. The van der Waals surface area contributed by atoms with Crippen LogP contribution in [0.3, 0.4) is 0 Å². The maximum absolute atomic E-state index is 10.7. The van der Waals surface area contributed by atoms with Crippen LogP contribution in [0.15, 0.2) is 6.07 Å². The minimum Gasteiger partial charge on any atom is -0.480 e. The summed E-state index contributed by atoms with van der Waals surface area (Å²) in [4.78, 5) is 12.6. The van der Waals surface area contributed by atoms with Crippen LogP contribution in [0.2, 0.25) is 0 Å². The normalized spacial score (nSPS) is 17.5. The fraction of sp³-hybridized carbons (Fsp3) is 0.444. The molecule has 1 aromatic heterocycles. The molecule has 1 atom stereocenters. The average Bonchev–Trinajstić information content (AvgIpc) is 2.59. The van der Waals surface area contributed by atoms with E-state index in [1.54, 1.807) is 0 Å². The molecule has 2 rings (SSSR count). The van der Waals surface area contributed by atoms with Crippen LogP contribution in [-0.4, -0.2) is 17.7 Å². The van der Waals surface area contributed by atoms with Crippen LogP contribution >= 0.6 is 11.3 Å². The van der Waals surface area contributed by atoms with E-state index in [1.165, 1.54) is 16.2 Å². The summed E-state index contributed by atoms with van der Waals surface area (Å²) in [6.45, 7) is 1.30. The van der Waals surface area contributed by atoms with Gasteiger partial charge in [-0.1, -0.05) is 0 Å². The predicted molar refractivity (Wildman–Crippen MR) is 52.2 cm³/mol. The van der Waals surface area contributed by atoms with Crippen molar-refractivity contribution in [2.75, 3.05) is 6.61 Å². The van der Waals surface area contributed by atoms with Gasteiger partial charge in [-0.2, -0.15) is 0 Å². The van der Waals surface area contributed by atoms with E-state index >= 15 is 0 Å². The molecule has 1 aromatic rings. The summed E-state index contributed by atoms with van der Waals surface area (Å²) in [6, 6.07) is 0.948. The Morgan fingerprint density at radius 3 is 3.14 bits per heavy atom. The summed E-state index contributed by atoms with van der Waals surface area (Å²) in [5.41, 5.74) is 6.61. The lowest BCUT2D eigenvalue weighted by molar-refractivity contribution is -0.138. The van der Waals surface area contributed by atoms with Gasteiger partial charge in [0.1, 0.15) is 6.04 Å². The molecule has 0 amide bonds. The van der Waals surface area contributed by atoms with E-state index in [-0.39, 0.29) is 0 Å². The Morgan fingerprint density at radius 2 is 2.50 bits per heavy atom. The number of ether oxygens (including phenoxy) is 1. The molecular weight excluding hydrogens is 202 g/mol. The van der Waals surface area contributed by atoms with E-state index in [0.717, 1.165) is 18.6 Å². The molecule has 2 heterocycles. The standard InChI is InChI=1S/C9H11NO3S/c10-8(9(11)12)7-3-5-4-13-2-1-6(5)14-7/h3,8H,1-2,4,10H2,(H,11,12). The Kier molecular flexibility index (Phi) is 2.54. The first-order chi connectivity index (χ1) is 6.68. The molecule has 14 heavy (non-hydrogen) atoms. The van der Waals surface area contributed by atoms with Crippen molar-refractivity contribution in [1.82, 2.24) is 0 Å². The SMILES string of the molecule is NC(C(=O)O)c1cc2c(s1)CCOC2. The number of hydrogen-bond acceptors (Lipinski definition) is 4. The molecule has 0 radical (unpaired) electrons. The highest BCUT2D eigenvalue weighted by atomic mass is 32.1. The van der Waals surface area contributed by atoms with Crippen LogP contribution < -0.4 is 5.73 Å². The van der Waals surface area contributed by atoms with Gasteiger partial charge in [0.2, 0.25) is 0 Å². The Morgan fingerprint density at radius 1 is 1.71 bits per heavy atom. The summed E-state index contributed by atoms with van der Waals surface area (Å²) < 4.78 is 5.27. The Labute approximate surface area is 85.3 Å². The molecule has 0 aromatic carbocycles. The fourth-order valence-corrected chi connectivity index (χ4v) is 2.59. The lowest BCUT2D eigenvalue weighted by Gasteiger charge is -2.10. The number of fused-ring (bicyclic) bond motifs is 1. The molecule has 1 aliphatic rings. The highest BCUT2D eigenvalue weighted by molar-refractivity contribution is 7.12. The van der Waals surface area contributed by atoms with Crippen molar-refractivity contribution in [3.63, 3.8) is 0 Å². The smallest absolute Gasteiger partial charge is 0.325 e. The van der Waals surface area contributed by atoms with Gasteiger partial charge in [0.25, 0.3) is 0 Å². The van der Waals surface area contributed by atoms with Crippen LogP contribution in [-0.2, 0) is 22.6 Å². The van der Waals surface area contributed by atoms with Crippen molar-refractivity contribution in [2.45, 2.75) is 19.1 Å². The minimum atomic E-state index is -0.982.